The summed E-state index contributed by atoms with van der Waals surface area (Å²) in [5, 5.41) is 6.26. The summed E-state index contributed by atoms with van der Waals surface area (Å²) in [6.45, 7) is 0.374. The molecule has 1 heterocycles. The van der Waals surface area contributed by atoms with Gasteiger partial charge in [0, 0.05) is 22.8 Å². The van der Waals surface area contributed by atoms with Gasteiger partial charge in [0.15, 0.2) is 0 Å². The van der Waals surface area contributed by atoms with Crippen LogP contribution in [-0.4, -0.2) is 32.5 Å². The summed E-state index contributed by atoms with van der Waals surface area (Å²) in [4.78, 5) is 25.5. The van der Waals surface area contributed by atoms with Crippen LogP contribution in [0.2, 0.25) is 15.1 Å². The van der Waals surface area contributed by atoms with Crippen LogP contribution in [-0.2, 0) is 10.0 Å². The summed E-state index contributed by atoms with van der Waals surface area (Å²) in [6, 6.07) is 15.7. The van der Waals surface area contributed by atoms with Gasteiger partial charge >= 0.3 is 0 Å². The van der Waals surface area contributed by atoms with E-state index < -0.39 is 21.8 Å². The molecule has 0 atom stereocenters. The van der Waals surface area contributed by atoms with Crippen LogP contribution in [0.15, 0.2) is 60.7 Å². The predicted molar refractivity (Wildman–Crippen MR) is 145 cm³/mol. The number of sulfonamides is 1. The summed E-state index contributed by atoms with van der Waals surface area (Å²) in [7, 11) is -3.43. The summed E-state index contributed by atoms with van der Waals surface area (Å²) < 4.78 is 26.5. The number of hydrogen-bond donors (Lipinski definition) is 2. The van der Waals surface area contributed by atoms with Crippen LogP contribution in [0.4, 0.5) is 17.1 Å². The maximum atomic E-state index is 12.9. The van der Waals surface area contributed by atoms with E-state index in [2.05, 4.69) is 10.6 Å². The number of anilines is 3. The number of carbonyl (C=O) groups is 2. The molecule has 1 saturated heterocycles. The van der Waals surface area contributed by atoms with Gasteiger partial charge in [0.1, 0.15) is 0 Å². The lowest BCUT2D eigenvalue weighted by Gasteiger charge is -2.22. The fourth-order valence-electron chi connectivity index (χ4n) is 3.82. The molecular weight excluding hydrogens is 545 g/mol. The lowest BCUT2D eigenvalue weighted by atomic mass is 10.1. The van der Waals surface area contributed by atoms with E-state index >= 15 is 0 Å². The summed E-state index contributed by atoms with van der Waals surface area (Å²) in [6.07, 6.45) is 2.22. The number of hydrogen-bond acceptors (Lipinski definition) is 4. The van der Waals surface area contributed by atoms with Gasteiger partial charge in [0.2, 0.25) is 10.0 Å². The maximum absolute atomic E-state index is 12.9. The average molecular weight is 567 g/mol. The summed E-state index contributed by atoms with van der Waals surface area (Å²) in [5.41, 5.74) is 1.63. The second kappa shape index (κ2) is 11.1. The quantitative estimate of drug-likeness (QED) is 0.370. The Morgan fingerprint density at radius 2 is 1.61 bits per heavy atom. The lowest BCUT2D eigenvalue weighted by Crippen LogP contribution is -2.32. The van der Waals surface area contributed by atoms with Gasteiger partial charge in [0.05, 0.1) is 32.7 Å². The highest BCUT2D eigenvalue weighted by atomic mass is 35.5. The Morgan fingerprint density at radius 3 is 2.36 bits per heavy atom. The number of nitrogens with zero attached hydrogens (tertiary/aromatic N) is 1. The molecule has 188 valence electrons. The van der Waals surface area contributed by atoms with E-state index in [-0.39, 0.29) is 21.4 Å². The number of halogens is 3. The number of benzene rings is 3. The molecule has 0 radical (unpaired) electrons. The highest BCUT2D eigenvalue weighted by Crippen LogP contribution is 2.30. The minimum atomic E-state index is -3.43. The van der Waals surface area contributed by atoms with Crippen molar-refractivity contribution in [1.29, 1.82) is 0 Å². The molecule has 2 N–H and O–H groups in total. The van der Waals surface area contributed by atoms with Crippen molar-refractivity contribution in [3.05, 3.63) is 86.9 Å². The van der Waals surface area contributed by atoms with Crippen LogP contribution >= 0.6 is 34.8 Å². The number of nitrogens with one attached hydrogen (secondary N) is 2. The number of rotatable bonds is 5. The van der Waals surface area contributed by atoms with Gasteiger partial charge in [-0.1, -0.05) is 47.3 Å². The Balaban J connectivity index is 1.51. The van der Waals surface area contributed by atoms with Crippen molar-refractivity contribution in [2.45, 2.75) is 19.3 Å². The average Bonchev–Trinajstić information content (AvgIpc) is 3.01. The Kier molecular flexibility index (Phi) is 8.10. The van der Waals surface area contributed by atoms with Crippen molar-refractivity contribution in [3.8, 4) is 0 Å². The SMILES string of the molecule is O=C(Nc1cc(NC(=O)c2ccc(N3CCCCCS3(=O)=O)cc2Cl)ccc1Cl)c1cccc(Cl)c1. The highest BCUT2D eigenvalue weighted by Gasteiger charge is 2.25. The van der Waals surface area contributed by atoms with Crippen molar-refractivity contribution in [1.82, 2.24) is 0 Å². The molecule has 2 amide bonds. The zero-order valence-corrected chi connectivity index (χ0v) is 22.0. The second-order valence-corrected chi connectivity index (χ2v) is 11.5. The first-order valence-corrected chi connectivity index (χ1v) is 13.9. The van der Waals surface area contributed by atoms with Crippen molar-refractivity contribution >= 4 is 73.7 Å². The van der Waals surface area contributed by atoms with Crippen LogP contribution in [0.3, 0.4) is 0 Å². The van der Waals surface area contributed by atoms with E-state index in [1.54, 1.807) is 36.4 Å². The van der Waals surface area contributed by atoms with E-state index in [1.165, 1.54) is 28.6 Å². The van der Waals surface area contributed by atoms with E-state index in [1.807, 2.05) is 0 Å². The molecule has 11 heteroatoms. The molecular formula is C25H22Cl3N3O4S. The normalized spacial score (nSPS) is 15.1. The molecule has 0 unspecified atom stereocenters. The minimum absolute atomic E-state index is 0.0829. The zero-order chi connectivity index (χ0) is 25.9. The molecule has 7 nitrogen and oxygen atoms in total. The predicted octanol–water partition coefficient (Wildman–Crippen LogP) is 6.47. The third-order valence-corrected chi connectivity index (χ3v) is 8.39. The van der Waals surface area contributed by atoms with E-state index in [9.17, 15) is 18.0 Å². The van der Waals surface area contributed by atoms with Crippen LogP contribution in [0.25, 0.3) is 0 Å². The Labute approximate surface area is 224 Å². The largest absolute Gasteiger partial charge is 0.322 e. The lowest BCUT2D eigenvalue weighted by molar-refractivity contribution is 0.101. The summed E-state index contributed by atoms with van der Waals surface area (Å²) >= 11 is 18.6. The second-order valence-electron chi connectivity index (χ2n) is 8.23. The van der Waals surface area contributed by atoms with Gasteiger partial charge in [-0.2, -0.15) is 0 Å². The summed E-state index contributed by atoms with van der Waals surface area (Å²) in [5.74, 6) is -0.829. The van der Waals surface area contributed by atoms with Gasteiger partial charge in [-0.15, -0.1) is 0 Å². The van der Waals surface area contributed by atoms with Crippen LogP contribution in [0.1, 0.15) is 40.0 Å². The fraction of sp³-hybridized carbons (Fsp3) is 0.200. The maximum Gasteiger partial charge on any atom is 0.257 e. The van der Waals surface area contributed by atoms with Crippen LogP contribution < -0.4 is 14.9 Å². The van der Waals surface area contributed by atoms with Gasteiger partial charge < -0.3 is 10.6 Å². The molecule has 1 fully saturated rings. The topological polar surface area (TPSA) is 95.6 Å². The first-order valence-electron chi connectivity index (χ1n) is 11.1. The third kappa shape index (κ3) is 6.13. The third-order valence-electron chi connectivity index (χ3n) is 5.64. The van der Waals surface area contributed by atoms with Crippen molar-refractivity contribution in [3.63, 3.8) is 0 Å². The van der Waals surface area contributed by atoms with Gasteiger partial charge in [-0.25, -0.2) is 8.42 Å². The van der Waals surface area contributed by atoms with Crippen molar-refractivity contribution < 1.29 is 18.0 Å². The molecule has 1 aliphatic rings. The smallest absolute Gasteiger partial charge is 0.257 e. The minimum Gasteiger partial charge on any atom is -0.322 e. The molecule has 1 aliphatic heterocycles. The molecule has 0 bridgehead atoms. The number of amides is 2. The molecule has 0 saturated carbocycles. The van der Waals surface area contributed by atoms with E-state index in [0.717, 1.165) is 12.8 Å². The standard InChI is InChI=1S/C25H22Cl3N3O4S/c26-17-6-4-5-16(13-17)24(32)30-23-14-18(7-10-21(23)27)29-25(33)20-9-8-19(15-22(20)28)31-11-2-1-3-12-36(31,34)35/h4-10,13-15H,1-3,11-12H2,(H,29,33)(H,30,32). The first kappa shape index (κ1) is 26.3. The molecule has 3 aromatic carbocycles. The van der Waals surface area contributed by atoms with Gasteiger partial charge in [-0.3, -0.25) is 13.9 Å². The zero-order valence-electron chi connectivity index (χ0n) is 18.9. The highest BCUT2D eigenvalue weighted by molar-refractivity contribution is 7.92. The molecule has 0 aromatic heterocycles. The monoisotopic (exact) mass is 565 g/mol. The first-order chi connectivity index (χ1) is 17.1. The molecule has 0 aliphatic carbocycles. The van der Waals surface area contributed by atoms with E-state index in [0.29, 0.717) is 40.6 Å². The van der Waals surface area contributed by atoms with Crippen LogP contribution in [0, 0.1) is 0 Å². The Morgan fingerprint density at radius 1 is 0.806 bits per heavy atom. The van der Waals surface area contributed by atoms with E-state index in [4.69, 9.17) is 34.8 Å². The van der Waals surface area contributed by atoms with Crippen LogP contribution in [0.5, 0.6) is 0 Å². The van der Waals surface area contributed by atoms with Crippen molar-refractivity contribution in [2.24, 2.45) is 0 Å². The molecule has 36 heavy (non-hydrogen) atoms. The van der Waals surface area contributed by atoms with Crippen molar-refractivity contribution in [2.75, 3.05) is 27.2 Å². The van der Waals surface area contributed by atoms with Gasteiger partial charge in [0.25, 0.3) is 11.8 Å². The molecule has 3 aromatic rings. The number of carbonyl (C=O) groups excluding carboxylic acids is 2. The fourth-order valence-corrected chi connectivity index (χ4v) is 6.07. The van der Waals surface area contributed by atoms with Gasteiger partial charge in [-0.05, 0) is 67.4 Å². The molecule has 4 rings (SSSR count). The Bertz CT molecular complexity index is 1430. The molecule has 0 spiro atoms. The Hall–Kier alpha value is -2.78.